The van der Waals surface area contributed by atoms with Gasteiger partial charge in [0.15, 0.2) is 0 Å². The van der Waals surface area contributed by atoms with E-state index in [-0.39, 0.29) is 16.8 Å². The average Bonchev–Trinajstić information content (AvgIpc) is 3.17. The van der Waals surface area contributed by atoms with Crippen molar-refractivity contribution in [2.75, 3.05) is 5.32 Å². The molecule has 2 rings (SSSR count). The molecule has 1 saturated carbocycles. The molecule has 1 aromatic rings. The normalized spacial score (nSPS) is 15.7. The number of amides is 2. The monoisotopic (exact) mass is 284 g/mol. The van der Waals surface area contributed by atoms with E-state index in [9.17, 15) is 14.0 Å². The largest absolute Gasteiger partial charge is 0.345 e. The van der Waals surface area contributed by atoms with Gasteiger partial charge in [-0.05, 0) is 43.9 Å². The lowest BCUT2D eigenvalue weighted by Gasteiger charge is -2.12. The molecule has 0 spiro atoms. The molecule has 1 aliphatic rings. The third kappa shape index (κ3) is 3.67. The number of nitrogens with one attached hydrogen (secondary N) is 2. The van der Waals surface area contributed by atoms with Crippen molar-refractivity contribution in [3.8, 4) is 0 Å². The Bertz CT molecular complexity index is 517. The molecule has 102 valence electrons. The highest BCUT2D eigenvalue weighted by Crippen LogP contribution is 2.32. The van der Waals surface area contributed by atoms with Crippen LogP contribution < -0.4 is 10.6 Å². The van der Waals surface area contributed by atoms with Gasteiger partial charge < -0.3 is 10.6 Å². The van der Waals surface area contributed by atoms with E-state index in [4.69, 9.17) is 11.6 Å². The molecule has 1 aliphatic carbocycles. The fourth-order valence-corrected chi connectivity index (χ4v) is 1.93. The fraction of sp³-hybridized carbons (Fsp3) is 0.385. The molecule has 2 N–H and O–H groups in total. The first kappa shape index (κ1) is 13.8. The minimum Gasteiger partial charge on any atom is -0.345 e. The molecule has 0 radical (unpaired) electrons. The van der Waals surface area contributed by atoms with Crippen molar-refractivity contribution in [2.45, 2.75) is 25.8 Å². The van der Waals surface area contributed by atoms with Gasteiger partial charge in [0, 0.05) is 11.1 Å². The number of hydrogen-bond donors (Lipinski definition) is 2. The number of benzene rings is 1. The number of halogens is 2. The number of carbonyl (C=O) groups excluding carboxylic acids is 2. The second kappa shape index (κ2) is 5.57. The Labute approximate surface area is 115 Å². The summed E-state index contributed by atoms with van der Waals surface area (Å²) in [5.74, 6) is -1.85. The Kier molecular flexibility index (Phi) is 4.04. The number of hydrogen-bond acceptors (Lipinski definition) is 2. The van der Waals surface area contributed by atoms with E-state index in [1.54, 1.807) is 0 Å². The topological polar surface area (TPSA) is 58.2 Å². The lowest BCUT2D eigenvalue weighted by atomic mass is 10.2. The SMILES string of the molecule is CC(NC(=O)C(=O)Nc1cc(Cl)ccc1F)C1CC1. The van der Waals surface area contributed by atoms with Crippen molar-refractivity contribution >= 4 is 29.1 Å². The van der Waals surface area contributed by atoms with Crippen LogP contribution in [0, 0.1) is 11.7 Å². The summed E-state index contributed by atoms with van der Waals surface area (Å²) in [5, 5.41) is 5.08. The van der Waals surface area contributed by atoms with Gasteiger partial charge >= 0.3 is 11.8 Å². The highest BCUT2D eigenvalue weighted by Gasteiger charge is 2.30. The van der Waals surface area contributed by atoms with Crippen molar-refractivity contribution in [3.05, 3.63) is 29.0 Å². The van der Waals surface area contributed by atoms with Gasteiger partial charge in [-0.2, -0.15) is 0 Å². The third-order valence-corrected chi connectivity index (χ3v) is 3.31. The minimum absolute atomic E-state index is 0.0394. The van der Waals surface area contributed by atoms with Gasteiger partial charge in [-0.1, -0.05) is 11.6 Å². The molecule has 0 aromatic heterocycles. The summed E-state index contributed by atoms with van der Waals surface area (Å²) in [4.78, 5) is 23.2. The van der Waals surface area contributed by atoms with Gasteiger partial charge in [0.25, 0.3) is 0 Å². The van der Waals surface area contributed by atoms with Crippen molar-refractivity contribution in [3.63, 3.8) is 0 Å². The van der Waals surface area contributed by atoms with E-state index in [1.165, 1.54) is 12.1 Å². The van der Waals surface area contributed by atoms with E-state index in [0.29, 0.717) is 5.92 Å². The molecule has 0 saturated heterocycles. The van der Waals surface area contributed by atoms with E-state index in [1.807, 2.05) is 6.92 Å². The average molecular weight is 285 g/mol. The number of carbonyl (C=O) groups is 2. The molecule has 0 heterocycles. The minimum atomic E-state index is -0.895. The Morgan fingerprint density at radius 1 is 1.37 bits per heavy atom. The standard InChI is InChI=1S/C13H14ClFN2O2/c1-7(8-2-3-8)16-12(18)13(19)17-11-6-9(14)4-5-10(11)15/h4-8H,2-3H2,1H3,(H,16,18)(H,17,19). The molecule has 6 heteroatoms. The summed E-state index contributed by atoms with van der Waals surface area (Å²) in [6, 6.07) is 3.71. The van der Waals surface area contributed by atoms with Gasteiger partial charge in [0.1, 0.15) is 5.82 Å². The Hall–Kier alpha value is -1.62. The van der Waals surface area contributed by atoms with Crippen LogP contribution in [-0.2, 0) is 9.59 Å². The smallest absolute Gasteiger partial charge is 0.313 e. The predicted octanol–water partition coefficient (Wildman–Crippen LogP) is 2.33. The van der Waals surface area contributed by atoms with Crippen molar-refractivity contribution in [1.82, 2.24) is 5.32 Å². The van der Waals surface area contributed by atoms with Gasteiger partial charge in [0.05, 0.1) is 5.69 Å². The van der Waals surface area contributed by atoms with Crippen LogP contribution in [0.5, 0.6) is 0 Å². The maximum atomic E-state index is 13.4. The quantitative estimate of drug-likeness (QED) is 0.837. The zero-order valence-corrected chi connectivity index (χ0v) is 11.1. The van der Waals surface area contributed by atoms with Crippen LogP contribution in [0.1, 0.15) is 19.8 Å². The molecule has 1 aromatic carbocycles. The van der Waals surface area contributed by atoms with Gasteiger partial charge in [0.2, 0.25) is 0 Å². The highest BCUT2D eigenvalue weighted by atomic mass is 35.5. The van der Waals surface area contributed by atoms with E-state index < -0.39 is 17.6 Å². The summed E-state index contributed by atoms with van der Waals surface area (Å²) in [5.41, 5.74) is -0.105. The zero-order chi connectivity index (χ0) is 14.0. The zero-order valence-electron chi connectivity index (χ0n) is 10.4. The lowest BCUT2D eigenvalue weighted by Crippen LogP contribution is -2.41. The molecule has 1 unspecified atom stereocenters. The second-order valence-electron chi connectivity index (χ2n) is 4.68. The molecule has 19 heavy (non-hydrogen) atoms. The maximum Gasteiger partial charge on any atom is 0.313 e. The van der Waals surface area contributed by atoms with Crippen LogP contribution in [0.15, 0.2) is 18.2 Å². The first-order chi connectivity index (χ1) is 8.97. The first-order valence-electron chi connectivity index (χ1n) is 6.04. The predicted molar refractivity (Wildman–Crippen MR) is 70.4 cm³/mol. The molecule has 1 atom stereocenters. The summed E-state index contributed by atoms with van der Waals surface area (Å²) >= 11 is 5.70. The van der Waals surface area contributed by atoms with E-state index in [2.05, 4.69) is 10.6 Å². The summed E-state index contributed by atoms with van der Waals surface area (Å²) < 4.78 is 13.4. The van der Waals surface area contributed by atoms with Crippen LogP contribution in [-0.4, -0.2) is 17.9 Å². The molecule has 4 nitrogen and oxygen atoms in total. The molecular weight excluding hydrogens is 271 g/mol. The van der Waals surface area contributed by atoms with Crippen molar-refractivity contribution in [1.29, 1.82) is 0 Å². The van der Waals surface area contributed by atoms with Gasteiger partial charge in [-0.3, -0.25) is 9.59 Å². The Morgan fingerprint density at radius 3 is 2.68 bits per heavy atom. The number of rotatable bonds is 3. The van der Waals surface area contributed by atoms with Gasteiger partial charge in [-0.25, -0.2) is 4.39 Å². The van der Waals surface area contributed by atoms with E-state index in [0.717, 1.165) is 18.9 Å². The van der Waals surface area contributed by atoms with Gasteiger partial charge in [-0.15, -0.1) is 0 Å². The Balaban J connectivity index is 1.95. The van der Waals surface area contributed by atoms with Crippen molar-refractivity contribution < 1.29 is 14.0 Å². The molecule has 1 fully saturated rings. The molecule has 0 aliphatic heterocycles. The maximum absolute atomic E-state index is 13.4. The lowest BCUT2D eigenvalue weighted by molar-refractivity contribution is -0.136. The van der Waals surface area contributed by atoms with Crippen LogP contribution in [0.4, 0.5) is 10.1 Å². The molecule has 2 amide bonds. The third-order valence-electron chi connectivity index (χ3n) is 3.07. The first-order valence-corrected chi connectivity index (χ1v) is 6.42. The highest BCUT2D eigenvalue weighted by molar-refractivity contribution is 6.40. The Morgan fingerprint density at radius 2 is 2.05 bits per heavy atom. The summed E-state index contributed by atoms with van der Waals surface area (Å²) in [7, 11) is 0. The number of anilines is 1. The molecule has 0 bridgehead atoms. The van der Waals surface area contributed by atoms with E-state index >= 15 is 0 Å². The summed E-state index contributed by atoms with van der Waals surface area (Å²) in [6.45, 7) is 1.85. The molecular formula is C13H14ClFN2O2. The van der Waals surface area contributed by atoms with Crippen LogP contribution in [0.2, 0.25) is 5.02 Å². The summed E-state index contributed by atoms with van der Waals surface area (Å²) in [6.07, 6.45) is 2.12. The van der Waals surface area contributed by atoms with Crippen LogP contribution in [0.25, 0.3) is 0 Å². The second-order valence-corrected chi connectivity index (χ2v) is 5.11. The van der Waals surface area contributed by atoms with Crippen LogP contribution >= 0.6 is 11.6 Å². The van der Waals surface area contributed by atoms with Crippen LogP contribution in [0.3, 0.4) is 0 Å². The fourth-order valence-electron chi connectivity index (χ4n) is 1.76. The van der Waals surface area contributed by atoms with Crippen molar-refractivity contribution in [2.24, 2.45) is 5.92 Å².